The second kappa shape index (κ2) is 17.3. The second-order valence-electron chi connectivity index (χ2n) is 50.0. The van der Waals surface area contributed by atoms with Gasteiger partial charge >= 0.3 is 11.9 Å². The van der Waals surface area contributed by atoms with Crippen molar-refractivity contribution in [3.05, 3.63) is 0 Å². The standard InChI is InChI=1S/C96H124O4/c97-95(98)51-9-7-33-13-37-17-41-21-45-25-49-27-47-23-43-19-39-15-35-11-31-5-3-29-1-2-30-4-6-32-12-36-16-40-20-44-24-48-28-50-26-46-22-42-18-38-14-34-8-10-52(96(99)100)76-58(34)80-62(38)84-66(42)88-70(46)92-74(50)94-72(48)90-68(44)86-64(40)82-60(36)78-56(32)54(30)53(29)55(31)77(78)59(35)81(82)63(39)85(86)67(43)89(90)71(47)93(94)73(49)91(92)69(45)87(88)65(41)83(84)61(37)79(80)57(33)75(51)76/h29-94H,1-28H2,(H,97,98)(H,99,100). The highest BCUT2D eigenvalue weighted by molar-refractivity contribution is 5.73. The van der Waals surface area contributed by atoms with Crippen molar-refractivity contribution in [3.63, 3.8) is 0 Å². The lowest BCUT2D eigenvalue weighted by Crippen LogP contribution is -2.82. The van der Waals surface area contributed by atoms with E-state index in [0.717, 1.165) is 286 Å². The van der Waals surface area contributed by atoms with Crippen LogP contribution in [0.2, 0.25) is 0 Å². The lowest BCUT2D eigenvalue weighted by atomic mass is 9.18. The summed E-state index contributed by atoms with van der Waals surface area (Å²) >= 11 is 0. The van der Waals surface area contributed by atoms with Crippen molar-refractivity contribution >= 4 is 11.9 Å². The first-order valence-electron chi connectivity index (χ1n) is 47.7. The van der Waals surface area contributed by atoms with Crippen molar-refractivity contribution in [2.24, 2.45) is 391 Å². The summed E-state index contributed by atoms with van der Waals surface area (Å²) in [5.41, 5.74) is 0. The highest BCUT2D eigenvalue weighted by atomic mass is 16.4. The van der Waals surface area contributed by atoms with Crippen molar-refractivity contribution in [3.8, 4) is 0 Å². The van der Waals surface area contributed by atoms with Crippen LogP contribution in [0, 0.1) is 391 Å². The smallest absolute Gasteiger partial charge is 0.306 e. The summed E-state index contributed by atoms with van der Waals surface area (Å²) in [6, 6.07) is 0. The van der Waals surface area contributed by atoms with E-state index in [4.69, 9.17) is 0 Å². The Bertz CT molecular complexity index is 3540. The number of fused-ring (bicyclic) bond motifs is 1. The predicted molar refractivity (Wildman–Crippen MR) is 375 cm³/mol. The molecule has 33 saturated carbocycles. The number of carboxylic acid groups (broad SMARTS) is 2. The number of hydrogen-bond donors (Lipinski definition) is 2. The Morgan fingerprint density at radius 2 is 0.240 bits per heavy atom. The number of aliphatic carboxylic acids is 2. The van der Waals surface area contributed by atoms with E-state index in [1.165, 1.54) is 95.7 Å². The van der Waals surface area contributed by atoms with E-state index in [-0.39, 0.29) is 23.7 Å². The Kier molecular flexibility index (Phi) is 9.55. The molecule has 100 heavy (non-hydrogen) atoms. The summed E-state index contributed by atoms with van der Waals surface area (Å²) in [5.74, 6) is 63.9. The van der Waals surface area contributed by atoms with Gasteiger partial charge in [0.05, 0.1) is 11.8 Å². The Hall–Kier alpha value is -1.06. The minimum absolute atomic E-state index is 0.129. The molecular weight excluding hydrogens is 1220 g/mol. The topological polar surface area (TPSA) is 74.6 Å². The molecule has 0 bridgehead atoms. The third-order valence-corrected chi connectivity index (χ3v) is 51.5. The number of rotatable bonds is 2. The summed E-state index contributed by atoms with van der Waals surface area (Å²) in [4.78, 5) is 28.0. The number of carboxylic acids is 2. The second-order valence-corrected chi connectivity index (χ2v) is 50.0. The van der Waals surface area contributed by atoms with Gasteiger partial charge < -0.3 is 10.2 Å². The number of carbonyl (C=O) groups is 2. The van der Waals surface area contributed by atoms with Gasteiger partial charge in [-0.2, -0.15) is 0 Å². The van der Waals surface area contributed by atoms with E-state index in [0.29, 0.717) is 23.7 Å². The van der Waals surface area contributed by atoms with Crippen molar-refractivity contribution in [1.29, 1.82) is 0 Å². The van der Waals surface area contributed by atoms with E-state index < -0.39 is 11.9 Å². The molecule has 0 saturated heterocycles. The summed E-state index contributed by atoms with van der Waals surface area (Å²) in [5, 5.41) is 23.0. The Morgan fingerprint density at radius 1 is 0.130 bits per heavy atom. The third-order valence-electron chi connectivity index (χ3n) is 51.5. The lowest BCUT2D eigenvalue weighted by Gasteiger charge is -2.87. The average Bonchev–Trinajstić information content (AvgIpc) is 0.635. The largest absolute Gasteiger partial charge is 0.481 e. The van der Waals surface area contributed by atoms with Crippen LogP contribution in [0.3, 0.4) is 0 Å². The zero-order valence-corrected chi connectivity index (χ0v) is 60.6. The Balaban J connectivity index is 0.558. The average molecular weight is 1340 g/mol. The van der Waals surface area contributed by atoms with Gasteiger partial charge in [0.1, 0.15) is 0 Å². The van der Waals surface area contributed by atoms with Crippen molar-refractivity contribution in [2.75, 3.05) is 0 Å². The van der Waals surface area contributed by atoms with Gasteiger partial charge in [0.2, 0.25) is 0 Å². The first kappa shape index (κ1) is 55.4. The molecule has 33 fully saturated rings. The zero-order chi connectivity index (χ0) is 63.1. The van der Waals surface area contributed by atoms with E-state index in [1.54, 1.807) is 141 Å². The van der Waals surface area contributed by atoms with Crippen LogP contribution < -0.4 is 0 Å². The molecule has 0 aliphatic heterocycles. The maximum absolute atomic E-state index is 14.0. The molecule has 33 aliphatic rings. The van der Waals surface area contributed by atoms with Crippen molar-refractivity contribution < 1.29 is 19.8 Å². The van der Waals surface area contributed by atoms with Crippen LogP contribution in [-0.2, 0) is 9.59 Å². The van der Waals surface area contributed by atoms with Gasteiger partial charge in [-0.15, -0.1) is 0 Å². The van der Waals surface area contributed by atoms with E-state index in [2.05, 4.69) is 0 Å². The highest BCUT2D eigenvalue weighted by Gasteiger charge is 2.88. The fourth-order valence-electron chi connectivity index (χ4n) is 54.4. The molecule has 4 heteroatoms. The van der Waals surface area contributed by atoms with Gasteiger partial charge in [0.15, 0.2) is 0 Å². The minimum atomic E-state index is -0.529. The van der Waals surface area contributed by atoms with Crippen LogP contribution in [0.5, 0.6) is 0 Å². The molecule has 0 spiro atoms. The van der Waals surface area contributed by atoms with Crippen LogP contribution in [0.4, 0.5) is 0 Å². The minimum Gasteiger partial charge on any atom is -0.481 e. The lowest BCUT2D eigenvalue weighted by molar-refractivity contribution is -0.395. The van der Waals surface area contributed by atoms with Gasteiger partial charge in [0.25, 0.3) is 0 Å². The highest BCUT2D eigenvalue weighted by Crippen LogP contribution is 2.93. The molecule has 66 unspecified atom stereocenters. The fraction of sp³-hybridized carbons (Fsp3) is 0.979. The van der Waals surface area contributed by atoms with Crippen LogP contribution in [-0.4, -0.2) is 22.2 Å². The molecule has 2 N–H and O–H groups in total. The van der Waals surface area contributed by atoms with E-state index in [1.807, 2.05) is 0 Å². The molecule has 66 atom stereocenters. The monoisotopic (exact) mass is 1340 g/mol. The molecule has 532 valence electrons. The quantitative estimate of drug-likeness (QED) is 0.289. The molecule has 0 radical (unpaired) electrons. The van der Waals surface area contributed by atoms with E-state index in [9.17, 15) is 19.8 Å². The SMILES string of the molecule is O=C(O)C1CCC2CC3CC4CC5CC6CC7CC8CC9CC%10CC%11CCC%12CCC%13CCC%14CC%15CC%16CC%17CC%18CC%19CC%20CC%21CC%22CC%23CCC(C(=O)O)C%24C%23C%23C%22C%22C%21C%21C%20C%20C%19C%19C%18C%18C%17C%17C%16C%16C%15C%15C%14C%13C%12C%11C%15C%10C%16C9C%17C8C%18C7C%19C6C%20C5C%21C4C%22C3C%23C2C1%24. The first-order valence-corrected chi connectivity index (χ1v) is 47.7. The van der Waals surface area contributed by atoms with Gasteiger partial charge in [-0.05, 0) is 559 Å². The molecular formula is C96H124O4. The Morgan fingerprint density at radius 3 is 0.400 bits per heavy atom. The maximum atomic E-state index is 14.0. The van der Waals surface area contributed by atoms with E-state index >= 15 is 0 Å². The molecule has 0 aromatic heterocycles. The van der Waals surface area contributed by atoms with Crippen LogP contribution in [0.15, 0.2) is 0 Å². The normalized spacial score (nSPS) is 78.4. The van der Waals surface area contributed by atoms with Crippen molar-refractivity contribution in [1.82, 2.24) is 0 Å². The maximum Gasteiger partial charge on any atom is 0.306 e. The van der Waals surface area contributed by atoms with Crippen LogP contribution >= 0.6 is 0 Å². The molecule has 0 aromatic carbocycles. The molecule has 0 amide bonds. The van der Waals surface area contributed by atoms with Gasteiger partial charge in [-0.25, -0.2) is 0 Å². The molecule has 33 aliphatic carbocycles. The predicted octanol–water partition coefficient (Wildman–Crippen LogP) is 18.2. The number of hydrogen-bond acceptors (Lipinski definition) is 2. The molecule has 4 nitrogen and oxygen atoms in total. The van der Waals surface area contributed by atoms with Gasteiger partial charge in [0, 0.05) is 0 Å². The molecule has 33 rings (SSSR count). The summed E-state index contributed by atoms with van der Waals surface area (Å²) in [7, 11) is 0. The van der Waals surface area contributed by atoms with Crippen LogP contribution in [0.1, 0.15) is 180 Å². The Labute approximate surface area is 598 Å². The molecule has 0 heterocycles. The van der Waals surface area contributed by atoms with Gasteiger partial charge in [-0.3, -0.25) is 9.59 Å². The summed E-state index contributed by atoms with van der Waals surface area (Å²) in [6.07, 6.45) is 44.3. The summed E-state index contributed by atoms with van der Waals surface area (Å²) in [6.45, 7) is 0. The van der Waals surface area contributed by atoms with Crippen LogP contribution in [0.25, 0.3) is 0 Å². The molecule has 0 aromatic rings. The summed E-state index contributed by atoms with van der Waals surface area (Å²) < 4.78 is 0. The fourth-order valence-corrected chi connectivity index (χ4v) is 54.4. The van der Waals surface area contributed by atoms with Crippen molar-refractivity contribution in [2.45, 2.75) is 180 Å². The van der Waals surface area contributed by atoms with Gasteiger partial charge in [-0.1, -0.05) is 0 Å². The first-order chi connectivity index (χ1) is 49.3. The zero-order valence-electron chi connectivity index (χ0n) is 60.6. The third kappa shape index (κ3) is 5.47.